The van der Waals surface area contributed by atoms with Crippen molar-refractivity contribution < 1.29 is 0 Å². The van der Waals surface area contributed by atoms with Crippen LogP contribution in [0.25, 0.3) is 0 Å². The summed E-state index contributed by atoms with van der Waals surface area (Å²) in [6.07, 6.45) is 7.26. The minimum absolute atomic E-state index is 0.492. The molecular formula is C15H30. The van der Waals surface area contributed by atoms with Gasteiger partial charge in [-0.15, -0.1) is 0 Å². The Balaban J connectivity index is 2.62. The zero-order valence-electron chi connectivity index (χ0n) is 11.7. The maximum Gasteiger partial charge on any atom is -0.0321 e. The van der Waals surface area contributed by atoms with Gasteiger partial charge in [0.15, 0.2) is 0 Å². The topological polar surface area (TPSA) is 0 Å². The lowest BCUT2D eigenvalue weighted by Gasteiger charge is -2.41. The first kappa shape index (κ1) is 13.1. The van der Waals surface area contributed by atoms with Crippen LogP contribution in [0.3, 0.4) is 0 Å². The summed E-state index contributed by atoms with van der Waals surface area (Å²) in [4.78, 5) is 0. The first-order valence-electron chi connectivity index (χ1n) is 6.76. The predicted molar refractivity (Wildman–Crippen MR) is 69.0 cm³/mol. The molecular weight excluding hydrogens is 180 g/mol. The van der Waals surface area contributed by atoms with E-state index in [1.54, 1.807) is 0 Å². The van der Waals surface area contributed by atoms with Gasteiger partial charge in [0.2, 0.25) is 0 Å². The molecule has 0 saturated heterocycles. The zero-order chi connectivity index (χ0) is 11.7. The van der Waals surface area contributed by atoms with Crippen molar-refractivity contribution >= 4 is 0 Å². The maximum atomic E-state index is 2.49. The summed E-state index contributed by atoms with van der Waals surface area (Å²) in [7, 11) is 0. The van der Waals surface area contributed by atoms with E-state index in [1.807, 2.05) is 0 Å². The second-order valence-electron chi connectivity index (χ2n) is 7.29. The molecule has 1 saturated carbocycles. The minimum atomic E-state index is 0.492. The van der Waals surface area contributed by atoms with E-state index >= 15 is 0 Å². The van der Waals surface area contributed by atoms with Crippen LogP contribution >= 0.6 is 0 Å². The SMILES string of the molecule is CC(C)C(C)(C)CC(C)(C)C1CCCC1. The molecule has 0 nitrogen and oxygen atoms in total. The molecule has 0 heteroatoms. The summed E-state index contributed by atoms with van der Waals surface area (Å²) < 4.78 is 0. The average Bonchev–Trinajstić information content (AvgIpc) is 2.53. The molecule has 1 fully saturated rings. The number of rotatable bonds is 4. The van der Waals surface area contributed by atoms with Gasteiger partial charge in [-0.05, 0) is 41.9 Å². The third-order valence-corrected chi connectivity index (χ3v) is 4.93. The van der Waals surface area contributed by atoms with Crippen LogP contribution in [-0.2, 0) is 0 Å². The van der Waals surface area contributed by atoms with Gasteiger partial charge in [-0.3, -0.25) is 0 Å². The van der Waals surface area contributed by atoms with Crippen molar-refractivity contribution in [1.82, 2.24) is 0 Å². The summed E-state index contributed by atoms with van der Waals surface area (Å²) in [6, 6.07) is 0. The molecule has 0 atom stereocenters. The summed E-state index contributed by atoms with van der Waals surface area (Å²) in [5.74, 6) is 1.77. The third-order valence-electron chi connectivity index (χ3n) is 4.93. The quantitative estimate of drug-likeness (QED) is 0.592. The van der Waals surface area contributed by atoms with Crippen LogP contribution in [0.4, 0.5) is 0 Å². The molecule has 1 rings (SSSR count). The molecule has 0 spiro atoms. The highest BCUT2D eigenvalue weighted by Gasteiger charge is 2.37. The van der Waals surface area contributed by atoms with E-state index in [0.29, 0.717) is 10.8 Å². The molecule has 90 valence electrons. The van der Waals surface area contributed by atoms with E-state index in [1.165, 1.54) is 32.1 Å². The Labute approximate surface area is 96.8 Å². The Morgan fingerprint density at radius 2 is 1.47 bits per heavy atom. The molecule has 0 unspecified atom stereocenters. The lowest BCUT2D eigenvalue weighted by Crippen LogP contribution is -2.32. The Hall–Kier alpha value is 0. The Kier molecular flexibility index (Phi) is 3.90. The normalized spacial score (nSPS) is 20.2. The number of hydrogen-bond donors (Lipinski definition) is 0. The van der Waals surface area contributed by atoms with Crippen molar-refractivity contribution in [1.29, 1.82) is 0 Å². The van der Waals surface area contributed by atoms with E-state index in [-0.39, 0.29) is 0 Å². The van der Waals surface area contributed by atoms with E-state index < -0.39 is 0 Å². The first-order chi connectivity index (χ1) is 6.76. The lowest BCUT2D eigenvalue weighted by atomic mass is 9.64. The molecule has 0 bridgehead atoms. The molecule has 0 aromatic heterocycles. The fourth-order valence-electron chi connectivity index (χ4n) is 3.23. The molecule has 1 aliphatic rings. The van der Waals surface area contributed by atoms with Gasteiger partial charge < -0.3 is 0 Å². The van der Waals surface area contributed by atoms with Crippen LogP contribution in [0, 0.1) is 22.7 Å². The van der Waals surface area contributed by atoms with Crippen LogP contribution in [0.5, 0.6) is 0 Å². The van der Waals surface area contributed by atoms with Gasteiger partial charge in [0, 0.05) is 0 Å². The van der Waals surface area contributed by atoms with E-state index in [2.05, 4.69) is 41.5 Å². The van der Waals surface area contributed by atoms with Crippen LogP contribution in [0.1, 0.15) is 73.6 Å². The summed E-state index contributed by atoms with van der Waals surface area (Å²) in [6.45, 7) is 14.6. The largest absolute Gasteiger partial charge is 0.0623 e. The highest BCUT2D eigenvalue weighted by molar-refractivity contribution is 4.88. The molecule has 0 aromatic rings. The molecule has 15 heavy (non-hydrogen) atoms. The molecule has 0 aliphatic heterocycles. The Morgan fingerprint density at radius 1 is 1.00 bits per heavy atom. The van der Waals surface area contributed by atoms with E-state index in [4.69, 9.17) is 0 Å². The van der Waals surface area contributed by atoms with Crippen LogP contribution in [-0.4, -0.2) is 0 Å². The molecule has 0 aromatic carbocycles. The summed E-state index contributed by atoms with van der Waals surface area (Å²) in [5, 5.41) is 0. The highest BCUT2D eigenvalue weighted by atomic mass is 14.4. The van der Waals surface area contributed by atoms with Crippen LogP contribution in [0.15, 0.2) is 0 Å². The summed E-state index contributed by atoms with van der Waals surface area (Å²) in [5.41, 5.74) is 1.04. The standard InChI is InChI=1S/C15H30/c1-12(2)14(3,4)11-15(5,6)13-9-7-8-10-13/h12-13H,7-11H2,1-6H3. The zero-order valence-corrected chi connectivity index (χ0v) is 11.7. The van der Waals surface area contributed by atoms with Crippen LogP contribution < -0.4 is 0 Å². The van der Waals surface area contributed by atoms with Crippen molar-refractivity contribution in [2.45, 2.75) is 73.6 Å². The van der Waals surface area contributed by atoms with Gasteiger partial charge in [-0.25, -0.2) is 0 Å². The minimum Gasteiger partial charge on any atom is -0.0623 e. The Bertz CT molecular complexity index is 192. The van der Waals surface area contributed by atoms with Crippen molar-refractivity contribution in [2.75, 3.05) is 0 Å². The summed E-state index contributed by atoms with van der Waals surface area (Å²) >= 11 is 0. The Morgan fingerprint density at radius 3 is 1.87 bits per heavy atom. The van der Waals surface area contributed by atoms with Crippen molar-refractivity contribution in [2.24, 2.45) is 22.7 Å². The van der Waals surface area contributed by atoms with E-state index in [9.17, 15) is 0 Å². The smallest absolute Gasteiger partial charge is 0.0321 e. The molecule has 0 amide bonds. The van der Waals surface area contributed by atoms with Crippen molar-refractivity contribution in [3.8, 4) is 0 Å². The van der Waals surface area contributed by atoms with Crippen molar-refractivity contribution in [3.05, 3.63) is 0 Å². The average molecular weight is 210 g/mol. The first-order valence-corrected chi connectivity index (χ1v) is 6.76. The van der Waals surface area contributed by atoms with Gasteiger partial charge in [0.25, 0.3) is 0 Å². The van der Waals surface area contributed by atoms with Gasteiger partial charge in [-0.1, -0.05) is 54.4 Å². The van der Waals surface area contributed by atoms with Gasteiger partial charge >= 0.3 is 0 Å². The maximum absolute atomic E-state index is 2.49. The number of hydrogen-bond acceptors (Lipinski definition) is 0. The molecule has 0 N–H and O–H groups in total. The van der Waals surface area contributed by atoms with Gasteiger partial charge in [-0.2, -0.15) is 0 Å². The lowest BCUT2D eigenvalue weighted by molar-refractivity contribution is 0.0902. The van der Waals surface area contributed by atoms with Gasteiger partial charge in [0.1, 0.15) is 0 Å². The van der Waals surface area contributed by atoms with Gasteiger partial charge in [0.05, 0.1) is 0 Å². The van der Waals surface area contributed by atoms with Crippen molar-refractivity contribution in [3.63, 3.8) is 0 Å². The second-order valence-corrected chi connectivity index (χ2v) is 7.29. The predicted octanol–water partition coefficient (Wildman–Crippen LogP) is 5.28. The fraction of sp³-hybridized carbons (Fsp3) is 1.00. The molecule has 0 radical (unpaired) electrons. The second kappa shape index (κ2) is 4.47. The fourth-order valence-corrected chi connectivity index (χ4v) is 3.23. The molecule has 0 heterocycles. The van der Waals surface area contributed by atoms with Crippen LogP contribution in [0.2, 0.25) is 0 Å². The highest BCUT2D eigenvalue weighted by Crippen LogP contribution is 2.48. The third kappa shape index (κ3) is 3.23. The molecule has 1 aliphatic carbocycles. The van der Waals surface area contributed by atoms with E-state index in [0.717, 1.165) is 11.8 Å². The monoisotopic (exact) mass is 210 g/mol.